The van der Waals surface area contributed by atoms with Crippen LogP contribution in [0.1, 0.15) is 5.56 Å². The lowest BCUT2D eigenvalue weighted by Gasteiger charge is -2.06. The van der Waals surface area contributed by atoms with Crippen molar-refractivity contribution in [2.75, 3.05) is 0 Å². The van der Waals surface area contributed by atoms with E-state index < -0.39 is 22.4 Å². The van der Waals surface area contributed by atoms with Crippen molar-refractivity contribution in [3.05, 3.63) is 64.1 Å². The number of benzene rings is 2. The quantitative estimate of drug-likeness (QED) is 0.830. The minimum atomic E-state index is -1.54. The number of hydrogen-bond acceptors (Lipinski definition) is 1. The van der Waals surface area contributed by atoms with E-state index in [1.54, 1.807) is 12.1 Å². The van der Waals surface area contributed by atoms with E-state index in [1.165, 1.54) is 30.3 Å². The summed E-state index contributed by atoms with van der Waals surface area (Å²) in [4.78, 5) is 0.133. The van der Waals surface area contributed by atoms with Crippen molar-refractivity contribution in [3.8, 4) is 0 Å². The first kappa shape index (κ1) is 13.4. The highest BCUT2D eigenvalue weighted by Gasteiger charge is 2.13. The number of halogens is 3. The Hall–Kier alpha value is -1.07. The maximum absolute atomic E-state index is 13.4. The van der Waals surface area contributed by atoms with Crippen LogP contribution in [0.2, 0.25) is 0 Å². The Bertz CT molecular complexity index is 601. The molecule has 0 N–H and O–H groups in total. The van der Waals surface area contributed by atoms with Gasteiger partial charge in [0.1, 0.15) is 11.6 Å². The summed E-state index contributed by atoms with van der Waals surface area (Å²) in [5.41, 5.74) is 0.552. The highest BCUT2D eigenvalue weighted by Crippen LogP contribution is 2.24. The van der Waals surface area contributed by atoms with E-state index >= 15 is 0 Å². The summed E-state index contributed by atoms with van der Waals surface area (Å²) in [5, 5.41) is 0. The van der Waals surface area contributed by atoms with E-state index in [0.29, 0.717) is 5.56 Å². The Morgan fingerprint density at radius 1 is 1.00 bits per heavy atom. The van der Waals surface area contributed by atoms with Gasteiger partial charge in [-0.2, -0.15) is 0 Å². The lowest BCUT2D eigenvalue weighted by molar-refractivity contribution is 0.595. The van der Waals surface area contributed by atoms with E-state index in [2.05, 4.69) is 15.9 Å². The zero-order valence-corrected chi connectivity index (χ0v) is 11.6. The molecule has 0 radical (unpaired) electrons. The topological polar surface area (TPSA) is 17.1 Å². The van der Waals surface area contributed by atoms with Gasteiger partial charge in [0.2, 0.25) is 0 Å². The maximum atomic E-state index is 13.4. The van der Waals surface area contributed by atoms with Crippen LogP contribution in [0.15, 0.2) is 51.8 Å². The van der Waals surface area contributed by atoms with Crippen LogP contribution < -0.4 is 0 Å². The first-order valence-electron chi connectivity index (χ1n) is 5.15. The molecular weight excluding hydrogens is 322 g/mol. The second-order valence-electron chi connectivity index (χ2n) is 3.63. The van der Waals surface area contributed by atoms with Crippen LogP contribution in [0.3, 0.4) is 0 Å². The smallest absolute Gasteiger partial charge is 0.139 e. The molecule has 18 heavy (non-hydrogen) atoms. The van der Waals surface area contributed by atoms with Crippen LogP contribution in [0.25, 0.3) is 0 Å². The van der Waals surface area contributed by atoms with E-state index in [9.17, 15) is 13.0 Å². The lowest BCUT2D eigenvalue weighted by Crippen LogP contribution is -2.00. The van der Waals surface area contributed by atoms with Crippen molar-refractivity contribution in [1.29, 1.82) is 0 Å². The SMILES string of the molecule is O=S(Cc1cccc(F)c1Br)c1ccccc1F. The summed E-state index contributed by atoms with van der Waals surface area (Å²) >= 11 is 3.10. The third-order valence-electron chi connectivity index (χ3n) is 2.40. The van der Waals surface area contributed by atoms with Crippen molar-refractivity contribution in [3.63, 3.8) is 0 Å². The Labute approximate surface area is 114 Å². The molecule has 1 nitrogen and oxygen atoms in total. The zero-order chi connectivity index (χ0) is 13.1. The van der Waals surface area contributed by atoms with Gasteiger partial charge in [-0.05, 0) is 39.7 Å². The molecule has 0 saturated carbocycles. The molecule has 2 rings (SSSR count). The molecule has 0 amide bonds. The predicted molar refractivity (Wildman–Crippen MR) is 70.6 cm³/mol. The molecule has 0 aliphatic rings. The largest absolute Gasteiger partial charge is 0.254 e. The van der Waals surface area contributed by atoms with Crippen LogP contribution in [0, 0.1) is 11.6 Å². The van der Waals surface area contributed by atoms with E-state index in [0.717, 1.165) is 0 Å². The lowest BCUT2D eigenvalue weighted by atomic mass is 10.2. The molecule has 0 aliphatic heterocycles. The predicted octanol–water partition coefficient (Wildman–Crippen LogP) is 4.04. The first-order valence-corrected chi connectivity index (χ1v) is 7.26. The Kier molecular flexibility index (Phi) is 4.24. The fraction of sp³-hybridized carbons (Fsp3) is 0.0769. The average Bonchev–Trinajstić information content (AvgIpc) is 2.35. The van der Waals surface area contributed by atoms with Crippen LogP contribution in [-0.2, 0) is 16.6 Å². The van der Waals surface area contributed by atoms with E-state index in [-0.39, 0.29) is 15.1 Å². The molecule has 0 spiro atoms. The molecule has 0 saturated heterocycles. The van der Waals surface area contributed by atoms with Crippen LogP contribution in [-0.4, -0.2) is 4.21 Å². The maximum Gasteiger partial charge on any atom is 0.139 e. The molecule has 0 heterocycles. The second-order valence-corrected chi connectivity index (χ2v) is 5.85. The summed E-state index contributed by atoms with van der Waals surface area (Å²) < 4.78 is 39.0. The molecule has 1 atom stereocenters. The zero-order valence-electron chi connectivity index (χ0n) is 9.20. The Balaban J connectivity index is 2.27. The van der Waals surface area contributed by atoms with Gasteiger partial charge in [-0.3, -0.25) is 4.21 Å². The van der Waals surface area contributed by atoms with Crippen molar-refractivity contribution < 1.29 is 13.0 Å². The number of hydrogen-bond donors (Lipinski definition) is 0. The van der Waals surface area contributed by atoms with Gasteiger partial charge in [0, 0.05) is 0 Å². The van der Waals surface area contributed by atoms with Crippen molar-refractivity contribution in [2.45, 2.75) is 10.6 Å². The van der Waals surface area contributed by atoms with Crippen LogP contribution in [0.4, 0.5) is 8.78 Å². The summed E-state index contributed by atoms with van der Waals surface area (Å²) in [7, 11) is -1.54. The van der Waals surface area contributed by atoms with Crippen molar-refractivity contribution >= 4 is 26.7 Å². The van der Waals surface area contributed by atoms with Gasteiger partial charge in [0.05, 0.1) is 25.9 Å². The van der Waals surface area contributed by atoms with Gasteiger partial charge < -0.3 is 0 Å². The van der Waals surface area contributed by atoms with Gasteiger partial charge >= 0.3 is 0 Å². The molecule has 5 heteroatoms. The fourth-order valence-corrected chi connectivity index (χ4v) is 3.29. The van der Waals surface area contributed by atoms with Gasteiger partial charge in [-0.15, -0.1) is 0 Å². The third kappa shape index (κ3) is 2.84. The highest BCUT2D eigenvalue weighted by molar-refractivity contribution is 9.10. The average molecular weight is 331 g/mol. The third-order valence-corrected chi connectivity index (χ3v) is 4.68. The van der Waals surface area contributed by atoms with Gasteiger partial charge in [0.25, 0.3) is 0 Å². The number of rotatable bonds is 3. The summed E-state index contributed by atoms with van der Waals surface area (Å²) in [5.74, 6) is -0.861. The van der Waals surface area contributed by atoms with Gasteiger partial charge in [-0.1, -0.05) is 24.3 Å². The fourth-order valence-electron chi connectivity index (χ4n) is 1.51. The molecule has 0 aromatic heterocycles. The summed E-state index contributed by atoms with van der Waals surface area (Å²) in [6, 6.07) is 10.4. The molecule has 1 unspecified atom stereocenters. The molecule has 0 fully saturated rings. The first-order chi connectivity index (χ1) is 8.59. The minimum Gasteiger partial charge on any atom is -0.254 e. The van der Waals surface area contributed by atoms with Crippen molar-refractivity contribution in [2.24, 2.45) is 0 Å². The van der Waals surface area contributed by atoms with Crippen molar-refractivity contribution in [1.82, 2.24) is 0 Å². The minimum absolute atomic E-state index is 0.0687. The van der Waals surface area contributed by atoms with E-state index in [4.69, 9.17) is 0 Å². The summed E-state index contributed by atoms with van der Waals surface area (Å²) in [6.45, 7) is 0. The monoisotopic (exact) mass is 330 g/mol. The normalized spacial score (nSPS) is 12.4. The molecule has 2 aromatic carbocycles. The molecule has 0 aliphatic carbocycles. The van der Waals surface area contributed by atoms with Crippen LogP contribution >= 0.6 is 15.9 Å². The van der Waals surface area contributed by atoms with E-state index in [1.807, 2.05) is 0 Å². The molecule has 2 aromatic rings. The molecular formula is C13H9BrF2OS. The standard InChI is InChI=1S/C13H9BrF2OS/c14-13-9(4-3-6-11(13)16)8-18(17)12-7-2-1-5-10(12)15/h1-7H,8H2. The Morgan fingerprint density at radius 2 is 1.67 bits per heavy atom. The van der Waals surface area contributed by atoms with Gasteiger partial charge in [-0.25, -0.2) is 8.78 Å². The summed E-state index contributed by atoms with van der Waals surface area (Å²) in [6.07, 6.45) is 0. The molecule has 94 valence electrons. The highest BCUT2D eigenvalue weighted by atomic mass is 79.9. The van der Waals surface area contributed by atoms with Crippen LogP contribution in [0.5, 0.6) is 0 Å². The Morgan fingerprint density at radius 3 is 2.39 bits per heavy atom. The van der Waals surface area contributed by atoms with Gasteiger partial charge in [0.15, 0.2) is 0 Å². The second kappa shape index (κ2) is 5.71. The molecule has 0 bridgehead atoms.